The first-order chi connectivity index (χ1) is 27.8. The standard InChI is InChI=1S/C52H38N3O2.Pt/c1-52(2,3)38-28-36(27-37(29-38)44-30-35(25-26-53-44)33-15-6-4-7-16-33)40-21-14-23-46-50(40)54-51(55(46)45-22-12-10-19-39(45)34-17-8-5-9-18-34)43-32-49-42(31-47(43)56)41-20-11-13-24-48(41)57-49;/h4-26,28-32,56H,1-3H3;/q-1;. The number of hydrogen-bond acceptors (Lipinski definition) is 4. The minimum Gasteiger partial charge on any atom is -0.507 e. The molecule has 0 fully saturated rings. The second kappa shape index (κ2) is 14.8. The van der Waals surface area contributed by atoms with Gasteiger partial charge in [-0.05, 0) is 58.5 Å². The predicted octanol–water partition coefficient (Wildman–Crippen LogP) is 13.5. The van der Waals surface area contributed by atoms with Crippen molar-refractivity contribution in [1.29, 1.82) is 0 Å². The third kappa shape index (κ3) is 6.52. The van der Waals surface area contributed by atoms with Crippen LogP contribution in [0.1, 0.15) is 26.3 Å². The van der Waals surface area contributed by atoms with E-state index in [4.69, 9.17) is 14.4 Å². The van der Waals surface area contributed by atoms with Crippen molar-refractivity contribution in [2.45, 2.75) is 26.2 Å². The van der Waals surface area contributed by atoms with Crippen LogP contribution in [0.25, 0.3) is 94.7 Å². The molecule has 0 aliphatic carbocycles. The van der Waals surface area contributed by atoms with Crippen LogP contribution in [0.5, 0.6) is 5.75 Å². The van der Waals surface area contributed by atoms with Gasteiger partial charge in [0.05, 0.1) is 22.3 Å². The zero-order valence-corrected chi connectivity index (χ0v) is 34.5. The number of fused-ring (bicyclic) bond motifs is 4. The number of nitrogens with zero attached hydrogens (tertiary/aromatic N) is 3. The van der Waals surface area contributed by atoms with E-state index in [1.165, 1.54) is 0 Å². The van der Waals surface area contributed by atoms with Gasteiger partial charge in [0.25, 0.3) is 0 Å². The van der Waals surface area contributed by atoms with E-state index in [-0.39, 0.29) is 32.2 Å². The molecule has 284 valence electrons. The number of imidazole rings is 1. The second-order valence-electron chi connectivity index (χ2n) is 15.5. The van der Waals surface area contributed by atoms with E-state index < -0.39 is 0 Å². The molecule has 0 aliphatic heterocycles. The maximum absolute atomic E-state index is 11.9. The Morgan fingerprint density at radius 2 is 1.28 bits per heavy atom. The fourth-order valence-electron chi connectivity index (χ4n) is 7.88. The summed E-state index contributed by atoms with van der Waals surface area (Å²) in [5, 5.41) is 13.7. The normalized spacial score (nSPS) is 11.6. The van der Waals surface area contributed by atoms with E-state index in [0.29, 0.717) is 17.0 Å². The van der Waals surface area contributed by atoms with Crippen LogP contribution in [-0.2, 0) is 26.5 Å². The molecule has 0 spiro atoms. The fraction of sp³-hybridized carbons (Fsp3) is 0.0769. The van der Waals surface area contributed by atoms with Crippen LogP contribution < -0.4 is 0 Å². The predicted molar refractivity (Wildman–Crippen MR) is 233 cm³/mol. The number of phenols is 1. The SMILES string of the molecule is CC(C)(C)c1cc(-c2cc(-c3ccccc3)ccn2)[c-]c(-c2cccc3c2nc(-c2cc4oc5ccccc5c4cc2O)n3-c2ccccc2-c2ccccc2)c1.[Pt]. The first kappa shape index (κ1) is 37.0. The molecule has 0 saturated carbocycles. The van der Waals surface area contributed by atoms with Crippen molar-refractivity contribution in [3.63, 3.8) is 0 Å². The van der Waals surface area contributed by atoms with Crippen LogP contribution in [0.4, 0.5) is 0 Å². The average Bonchev–Trinajstić information content (AvgIpc) is 3.82. The van der Waals surface area contributed by atoms with Gasteiger partial charge in [0.1, 0.15) is 22.7 Å². The largest absolute Gasteiger partial charge is 0.507 e. The van der Waals surface area contributed by atoms with E-state index in [1.807, 2.05) is 60.8 Å². The molecule has 3 heterocycles. The summed E-state index contributed by atoms with van der Waals surface area (Å²) in [6, 6.07) is 59.5. The first-order valence-electron chi connectivity index (χ1n) is 19.2. The summed E-state index contributed by atoms with van der Waals surface area (Å²) in [7, 11) is 0. The van der Waals surface area contributed by atoms with Gasteiger partial charge < -0.3 is 9.52 Å². The molecule has 0 amide bonds. The van der Waals surface area contributed by atoms with Crippen molar-refractivity contribution in [3.05, 3.63) is 182 Å². The minimum atomic E-state index is -0.156. The number of benzene rings is 7. The number of aromatic hydroxyl groups is 1. The number of phenolic OH excluding ortho intramolecular Hbond substituents is 1. The summed E-state index contributed by atoms with van der Waals surface area (Å²) < 4.78 is 8.52. The molecule has 10 rings (SSSR count). The van der Waals surface area contributed by atoms with E-state index in [1.54, 1.807) is 6.07 Å². The number of para-hydroxylation sites is 3. The molecule has 0 saturated heterocycles. The zero-order valence-electron chi connectivity index (χ0n) is 32.2. The van der Waals surface area contributed by atoms with Crippen molar-refractivity contribution in [2.24, 2.45) is 0 Å². The van der Waals surface area contributed by atoms with Gasteiger partial charge in [-0.15, -0.1) is 29.3 Å². The van der Waals surface area contributed by atoms with Gasteiger partial charge in [0.2, 0.25) is 0 Å². The number of aromatic nitrogens is 3. The van der Waals surface area contributed by atoms with E-state index in [9.17, 15) is 5.11 Å². The smallest absolute Gasteiger partial charge is 0.148 e. The molecule has 1 N–H and O–H groups in total. The Labute approximate surface area is 351 Å². The molecule has 0 atom stereocenters. The second-order valence-corrected chi connectivity index (χ2v) is 15.5. The van der Waals surface area contributed by atoms with Gasteiger partial charge >= 0.3 is 0 Å². The first-order valence-corrected chi connectivity index (χ1v) is 19.2. The molecule has 0 unspecified atom stereocenters. The summed E-state index contributed by atoms with van der Waals surface area (Å²) in [5.41, 5.74) is 13.6. The summed E-state index contributed by atoms with van der Waals surface area (Å²) >= 11 is 0. The van der Waals surface area contributed by atoms with Crippen LogP contribution >= 0.6 is 0 Å². The molecule has 0 radical (unpaired) electrons. The maximum Gasteiger partial charge on any atom is 0.148 e. The van der Waals surface area contributed by atoms with E-state index in [0.717, 1.165) is 83.3 Å². The van der Waals surface area contributed by atoms with Crippen molar-refractivity contribution in [2.75, 3.05) is 0 Å². The van der Waals surface area contributed by atoms with Gasteiger partial charge in [-0.3, -0.25) is 9.55 Å². The molecular weight excluding hydrogens is 894 g/mol. The molecule has 10 aromatic rings. The number of furan rings is 1. The summed E-state index contributed by atoms with van der Waals surface area (Å²) in [6.45, 7) is 6.69. The van der Waals surface area contributed by atoms with Crippen molar-refractivity contribution >= 4 is 33.0 Å². The van der Waals surface area contributed by atoms with Crippen LogP contribution in [-0.4, -0.2) is 19.6 Å². The van der Waals surface area contributed by atoms with Gasteiger partial charge in [-0.2, -0.15) is 0 Å². The van der Waals surface area contributed by atoms with Gasteiger partial charge in [0, 0.05) is 49.3 Å². The molecule has 7 aromatic carbocycles. The van der Waals surface area contributed by atoms with Crippen LogP contribution in [0.2, 0.25) is 0 Å². The van der Waals surface area contributed by atoms with Crippen LogP contribution in [0.3, 0.4) is 0 Å². The zero-order chi connectivity index (χ0) is 38.7. The Balaban J connectivity index is 0.00000436. The van der Waals surface area contributed by atoms with Gasteiger partial charge in [0.15, 0.2) is 0 Å². The summed E-state index contributed by atoms with van der Waals surface area (Å²) in [5.74, 6) is 0.724. The molecule has 6 heteroatoms. The summed E-state index contributed by atoms with van der Waals surface area (Å²) in [4.78, 5) is 10.3. The van der Waals surface area contributed by atoms with Crippen LogP contribution in [0, 0.1) is 6.07 Å². The fourth-order valence-corrected chi connectivity index (χ4v) is 7.88. The molecule has 3 aromatic heterocycles. The maximum atomic E-state index is 11.9. The van der Waals surface area contributed by atoms with Crippen molar-refractivity contribution in [1.82, 2.24) is 14.5 Å². The number of hydrogen-bond donors (Lipinski definition) is 1. The Bertz CT molecular complexity index is 3120. The Morgan fingerprint density at radius 1 is 0.586 bits per heavy atom. The molecule has 0 bridgehead atoms. The van der Waals surface area contributed by atoms with E-state index >= 15 is 0 Å². The minimum absolute atomic E-state index is 0. The average molecular weight is 932 g/mol. The van der Waals surface area contributed by atoms with Gasteiger partial charge in [-0.1, -0.05) is 147 Å². The molecule has 0 aliphatic rings. The number of pyridine rings is 1. The topological polar surface area (TPSA) is 64.1 Å². The number of rotatable bonds is 6. The van der Waals surface area contributed by atoms with Crippen LogP contribution in [0.15, 0.2) is 174 Å². The Morgan fingerprint density at radius 3 is 2.07 bits per heavy atom. The third-order valence-electron chi connectivity index (χ3n) is 10.8. The van der Waals surface area contributed by atoms with Crippen molar-refractivity contribution in [3.8, 4) is 67.5 Å². The third-order valence-corrected chi connectivity index (χ3v) is 10.8. The molecule has 5 nitrogen and oxygen atoms in total. The quantitative estimate of drug-likeness (QED) is 0.169. The summed E-state index contributed by atoms with van der Waals surface area (Å²) in [6.07, 6.45) is 1.87. The van der Waals surface area contributed by atoms with Gasteiger partial charge in [-0.25, -0.2) is 4.98 Å². The van der Waals surface area contributed by atoms with Crippen molar-refractivity contribution < 1.29 is 30.6 Å². The Hall–Kier alpha value is -6.55. The molecular formula is C52H38N3O2Pt-. The monoisotopic (exact) mass is 931 g/mol. The Kier molecular flexibility index (Phi) is 9.42. The van der Waals surface area contributed by atoms with E-state index in [2.05, 4.69) is 135 Å². The molecule has 58 heavy (non-hydrogen) atoms.